The molecular formula is C21H20FN3O5S. The van der Waals surface area contributed by atoms with E-state index in [2.05, 4.69) is 10.3 Å². The standard InChI is InChI=1S/C21H20FN3O5S/c1-28-16-8-14(9-17(10-16)29-2)24-19(26)12-30-20(27)18-11-23-21(31-3)25(18)15-6-4-13(22)5-7-15/h4-11H,12H2,1-3H3,(H,24,26). The number of anilines is 1. The molecule has 0 radical (unpaired) electrons. The Bertz CT molecular complexity index is 1060. The third kappa shape index (κ3) is 5.34. The molecule has 3 rings (SSSR count). The van der Waals surface area contributed by atoms with Crippen molar-refractivity contribution < 1.29 is 28.2 Å². The second kappa shape index (κ2) is 9.98. The van der Waals surface area contributed by atoms with Crippen LogP contribution in [-0.2, 0) is 9.53 Å². The lowest BCUT2D eigenvalue weighted by Gasteiger charge is -2.12. The minimum atomic E-state index is -0.740. The molecule has 0 aliphatic carbocycles. The molecule has 1 aromatic heterocycles. The predicted molar refractivity (Wildman–Crippen MR) is 114 cm³/mol. The van der Waals surface area contributed by atoms with Gasteiger partial charge >= 0.3 is 5.97 Å². The number of halogens is 1. The molecule has 0 saturated carbocycles. The van der Waals surface area contributed by atoms with Crippen LogP contribution in [0.4, 0.5) is 10.1 Å². The molecule has 1 amide bonds. The van der Waals surface area contributed by atoms with E-state index in [-0.39, 0.29) is 5.69 Å². The molecular weight excluding hydrogens is 425 g/mol. The highest BCUT2D eigenvalue weighted by Gasteiger charge is 2.20. The summed E-state index contributed by atoms with van der Waals surface area (Å²) >= 11 is 1.31. The first-order valence-electron chi connectivity index (χ1n) is 9.03. The lowest BCUT2D eigenvalue weighted by Crippen LogP contribution is -2.22. The number of nitrogens with zero attached hydrogens (tertiary/aromatic N) is 2. The van der Waals surface area contributed by atoms with Gasteiger partial charge in [0.15, 0.2) is 17.5 Å². The Morgan fingerprint density at radius 3 is 2.32 bits per heavy atom. The number of benzene rings is 2. The van der Waals surface area contributed by atoms with Crippen LogP contribution in [-0.4, -0.2) is 48.5 Å². The van der Waals surface area contributed by atoms with E-state index in [9.17, 15) is 14.0 Å². The Labute approximate surface area is 182 Å². The fourth-order valence-corrected chi connectivity index (χ4v) is 3.29. The van der Waals surface area contributed by atoms with Crippen LogP contribution in [0.2, 0.25) is 0 Å². The molecule has 0 aliphatic rings. The van der Waals surface area contributed by atoms with Crippen molar-refractivity contribution in [3.05, 3.63) is 60.2 Å². The summed E-state index contributed by atoms with van der Waals surface area (Å²) in [7, 11) is 2.99. The molecule has 10 heteroatoms. The summed E-state index contributed by atoms with van der Waals surface area (Å²) in [5.41, 5.74) is 1.09. The Morgan fingerprint density at radius 2 is 1.74 bits per heavy atom. The van der Waals surface area contributed by atoms with Gasteiger partial charge in [-0.3, -0.25) is 9.36 Å². The number of nitrogens with one attached hydrogen (secondary N) is 1. The summed E-state index contributed by atoms with van der Waals surface area (Å²) in [6, 6.07) is 10.5. The van der Waals surface area contributed by atoms with Gasteiger partial charge in [0.25, 0.3) is 5.91 Å². The molecule has 0 spiro atoms. The third-order valence-corrected chi connectivity index (χ3v) is 4.83. The van der Waals surface area contributed by atoms with E-state index in [4.69, 9.17) is 14.2 Å². The van der Waals surface area contributed by atoms with Crippen molar-refractivity contribution in [2.75, 3.05) is 32.4 Å². The van der Waals surface area contributed by atoms with Gasteiger partial charge in [0.1, 0.15) is 17.3 Å². The van der Waals surface area contributed by atoms with Crippen molar-refractivity contribution in [1.82, 2.24) is 9.55 Å². The Balaban J connectivity index is 1.71. The molecule has 162 valence electrons. The van der Waals surface area contributed by atoms with Crippen molar-refractivity contribution >= 4 is 29.3 Å². The number of esters is 1. The molecule has 1 heterocycles. The summed E-state index contributed by atoms with van der Waals surface area (Å²) in [6.45, 7) is -0.512. The first-order valence-corrected chi connectivity index (χ1v) is 10.3. The first kappa shape index (κ1) is 22.2. The van der Waals surface area contributed by atoms with Gasteiger partial charge in [0, 0.05) is 29.6 Å². The minimum absolute atomic E-state index is 0.117. The SMILES string of the molecule is COc1cc(NC(=O)COC(=O)c2cnc(SC)n2-c2ccc(F)cc2)cc(OC)c1. The van der Waals surface area contributed by atoms with Gasteiger partial charge in [0.2, 0.25) is 0 Å². The zero-order valence-corrected chi connectivity index (χ0v) is 17.9. The van der Waals surface area contributed by atoms with Gasteiger partial charge in [-0.15, -0.1) is 0 Å². The van der Waals surface area contributed by atoms with E-state index in [0.29, 0.717) is 28.0 Å². The number of rotatable bonds is 8. The molecule has 31 heavy (non-hydrogen) atoms. The Morgan fingerprint density at radius 1 is 1.10 bits per heavy atom. The van der Waals surface area contributed by atoms with E-state index in [0.717, 1.165) is 0 Å². The van der Waals surface area contributed by atoms with Gasteiger partial charge in [-0.25, -0.2) is 14.2 Å². The van der Waals surface area contributed by atoms with Crippen molar-refractivity contribution in [3.8, 4) is 17.2 Å². The molecule has 3 aromatic rings. The third-order valence-electron chi connectivity index (χ3n) is 4.18. The first-order chi connectivity index (χ1) is 14.9. The number of amides is 1. The molecule has 0 fully saturated rings. The molecule has 0 saturated heterocycles. The topological polar surface area (TPSA) is 91.7 Å². The van der Waals surface area contributed by atoms with Crippen LogP contribution in [0, 0.1) is 5.82 Å². The van der Waals surface area contributed by atoms with E-state index < -0.39 is 24.3 Å². The highest BCUT2D eigenvalue weighted by atomic mass is 32.2. The summed E-state index contributed by atoms with van der Waals surface area (Å²) < 4.78 is 30.3. The summed E-state index contributed by atoms with van der Waals surface area (Å²) in [4.78, 5) is 29.1. The normalized spacial score (nSPS) is 10.5. The number of methoxy groups -OCH3 is 2. The highest BCUT2D eigenvalue weighted by molar-refractivity contribution is 7.98. The van der Waals surface area contributed by atoms with Gasteiger partial charge < -0.3 is 19.5 Å². The van der Waals surface area contributed by atoms with Crippen LogP contribution < -0.4 is 14.8 Å². The summed E-state index contributed by atoms with van der Waals surface area (Å²) in [5, 5.41) is 3.14. The largest absolute Gasteiger partial charge is 0.497 e. The molecule has 2 aromatic carbocycles. The number of carbonyl (C=O) groups excluding carboxylic acids is 2. The summed E-state index contributed by atoms with van der Waals surface area (Å²) in [6.07, 6.45) is 3.15. The van der Waals surface area contributed by atoms with Crippen LogP contribution in [0.5, 0.6) is 11.5 Å². The fraction of sp³-hybridized carbons (Fsp3) is 0.190. The van der Waals surface area contributed by atoms with Crippen LogP contribution in [0.25, 0.3) is 5.69 Å². The maximum atomic E-state index is 13.3. The molecule has 1 N–H and O–H groups in total. The lowest BCUT2D eigenvalue weighted by molar-refractivity contribution is -0.119. The number of aromatic nitrogens is 2. The van der Waals surface area contributed by atoms with E-state index >= 15 is 0 Å². The second-order valence-corrected chi connectivity index (χ2v) is 6.94. The highest BCUT2D eigenvalue weighted by Crippen LogP contribution is 2.26. The van der Waals surface area contributed by atoms with Gasteiger partial charge in [-0.05, 0) is 30.5 Å². The number of thioether (sulfide) groups is 1. The van der Waals surface area contributed by atoms with E-state index in [1.54, 1.807) is 24.5 Å². The molecule has 0 unspecified atom stereocenters. The van der Waals surface area contributed by atoms with Gasteiger partial charge in [-0.2, -0.15) is 0 Å². The fourth-order valence-electron chi connectivity index (χ4n) is 2.74. The number of hydrogen-bond acceptors (Lipinski definition) is 7. The van der Waals surface area contributed by atoms with Crippen molar-refractivity contribution in [1.29, 1.82) is 0 Å². The molecule has 0 aliphatic heterocycles. The predicted octanol–water partition coefficient (Wildman–Crippen LogP) is 3.55. The van der Waals surface area contributed by atoms with Crippen LogP contribution in [0.1, 0.15) is 10.5 Å². The average molecular weight is 445 g/mol. The maximum absolute atomic E-state index is 13.3. The van der Waals surface area contributed by atoms with E-state index in [1.165, 1.54) is 61.0 Å². The van der Waals surface area contributed by atoms with Crippen LogP contribution >= 0.6 is 11.8 Å². The molecule has 0 atom stereocenters. The van der Waals surface area contributed by atoms with Crippen molar-refractivity contribution in [2.45, 2.75) is 5.16 Å². The second-order valence-electron chi connectivity index (χ2n) is 6.17. The van der Waals surface area contributed by atoms with Crippen LogP contribution in [0.15, 0.2) is 53.8 Å². The minimum Gasteiger partial charge on any atom is -0.497 e. The van der Waals surface area contributed by atoms with Crippen LogP contribution in [0.3, 0.4) is 0 Å². The number of ether oxygens (including phenoxy) is 3. The monoisotopic (exact) mass is 445 g/mol. The number of carbonyl (C=O) groups is 2. The zero-order chi connectivity index (χ0) is 22.4. The smallest absolute Gasteiger partial charge is 0.357 e. The molecule has 8 nitrogen and oxygen atoms in total. The van der Waals surface area contributed by atoms with Crippen molar-refractivity contribution in [3.63, 3.8) is 0 Å². The number of imidazole rings is 1. The van der Waals surface area contributed by atoms with Gasteiger partial charge in [0.05, 0.1) is 20.4 Å². The van der Waals surface area contributed by atoms with E-state index in [1.807, 2.05) is 0 Å². The van der Waals surface area contributed by atoms with Crippen molar-refractivity contribution in [2.24, 2.45) is 0 Å². The average Bonchev–Trinajstić information content (AvgIpc) is 3.22. The number of hydrogen-bond donors (Lipinski definition) is 1. The van der Waals surface area contributed by atoms with Gasteiger partial charge in [-0.1, -0.05) is 11.8 Å². The Hall–Kier alpha value is -3.53. The summed E-state index contributed by atoms with van der Waals surface area (Å²) in [5.74, 6) is -0.680. The molecule has 0 bridgehead atoms. The zero-order valence-electron chi connectivity index (χ0n) is 17.0. The lowest BCUT2D eigenvalue weighted by atomic mass is 10.2. The Kier molecular flexibility index (Phi) is 7.14. The maximum Gasteiger partial charge on any atom is 0.357 e. The quantitative estimate of drug-likeness (QED) is 0.419.